The lowest BCUT2D eigenvalue weighted by atomic mass is 10.2. The van der Waals surface area contributed by atoms with Crippen LogP contribution >= 0.6 is 11.8 Å². The Morgan fingerprint density at radius 2 is 1.67 bits per heavy atom. The van der Waals surface area contributed by atoms with Gasteiger partial charge in [0.05, 0.1) is 18.5 Å². The number of amides is 1. The number of hydrogen-bond acceptors (Lipinski definition) is 6. The largest absolute Gasteiger partial charge is 0.378 e. The number of rotatable bonds is 9. The topological polar surface area (TPSA) is 84.2 Å². The van der Waals surface area contributed by atoms with Crippen molar-refractivity contribution in [3.8, 4) is 5.69 Å². The predicted molar refractivity (Wildman–Crippen MR) is 133 cm³/mol. The summed E-state index contributed by atoms with van der Waals surface area (Å²) >= 11 is 1.32. The van der Waals surface area contributed by atoms with Gasteiger partial charge in [-0.1, -0.05) is 78.0 Å². The Kier molecular flexibility index (Phi) is 7.50. The minimum Gasteiger partial charge on any atom is -0.378 e. The Hall–Kier alpha value is -3.91. The van der Waals surface area contributed by atoms with Crippen LogP contribution in [0.3, 0.4) is 0 Å². The second-order valence-electron chi connectivity index (χ2n) is 7.28. The molecular formula is C25H24N6OS. The molecule has 0 fully saturated rings. The molecule has 8 heteroatoms. The summed E-state index contributed by atoms with van der Waals surface area (Å²) in [6, 6.07) is 27.7. The number of aryl methyl sites for hydroxylation is 1. The van der Waals surface area contributed by atoms with Gasteiger partial charge in [0.1, 0.15) is 0 Å². The summed E-state index contributed by atoms with van der Waals surface area (Å²) < 4.78 is 1.96. The molecule has 33 heavy (non-hydrogen) atoms. The van der Waals surface area contributed by atoms with Gasteiger partial charge in [0.2, 0.25) is 0 Å². The maximum atomic E-state index is 12.3. The molecule has 0 radical (unpaired) electrons. The number of carbonyl (C=O) groups excluding carboxylic acids is 1. The van der Waals surface area contributed by atoms with E-state index >= 15 is 0 Å². The van der Waals surface area contributed by atoms with E-state index < -0.39 is 0 Å². The van der Waals surface area contributed by atoms with Crippen LogP contribution < -0.4 is 10.7 Å². The molecule has 3 aromatic carbocycles. The van der Waals surface area contributed by atoms with Crippen LogP contribution in [0.1, 0.15) is 17.0 Å². The lowest BCUT2D eigenvalue weighted by Gasteiger charge is -2.11. The van der Waals surface area contributed by atoms with E-state index in [0.717, 1.165) is 22.8 Å². The smallest absolute Gasteiger partial charge is 0.250 e. The number of para-hydroxylation sites is 1. The Bertz CT molecular complexity index is 1210. The van der Waals surface area contributed by atoms with E-state index in [2.05, 4.69) is 45.1 Å². The van der Waals surface area contributed by atoms with Crippen LogP contribution in [0.4, 0.5) is 5.69 Å². The third-order valence-corrected chi connectivity index (χ3v) is 5.68. The molecule has 0 unspecified atom stereocenters. The zero-order valence-electron chi connectivity index (χ0n) is 18.2. The summed E-state index contributed by atoms with van der Waals surface area (Å²) in [6.45, 7) is 2.56. The number of carbonyl (C=O) groups is 1. The molecule has 7 nitrogen and oxygen atoms in total. The minimum absolute atomic E-state index is 0.169. The maximum absolute atomic E-state index is 12.3. The highest BCUT2D eigenvalue weighted by molar-refractivity contribution is 7.99. The molecule has 166 valence electrons. The highest BCUT2D eigenvalue weighted by Crippen LogP contribution is 2.22. The van der Waals surface area contributed by atoms with E-state index in [1.807, 2.05) is 77.4 Å². The molecular weight excluding hydrogens is 432 g/mol. The third kappa shape index (κ3) is 6.30. The second kappa shape index (κ2) is 11.1. The van der Waals surface area contributed by atoms with Crippen molar-refractivity contribution in [2.75, 3.05) is 11.1 Å². The van der Waals surface area contributed by atoms with Crippen LogP contribution in [0.5, 0.6) is 0 Å². The van der Waals surface area contributed by atoms with Crippen molar-refractivity contribution in [1.29, 1.82) is 0 Å². The van der Waals surface area contributed by atoms with Gasteiger partial charge in [-0.25, -0.2) is 5.43 Å². The van der Waals surface area contributed by atoms with E-state index in [4.69, 9.17) is 0 Å². The molecule has 0 spiro atoms. The van der Waals surface area contributed by atoms with Crippen molar-refractivity contribution in [3.05, 3.63) is 102 Å². The minimum atomic E-state index is -0.214. The first-order chi connectivity index (χ1) is 16.2. The van der Waals surface area contributed by atoms with Gasteiger partial charge in [-0.3, -0.25) is 9.36 Å². The molecule has 1 heterocycles. The number of hydrogen-bond donors (Lipinski definition) is 2. The van der Waals surface area contributed by atoms with Crippen molar-refractivity contribution in [3.63, 3.8) is 0 Å². The van der Waals surface area contributed by atoms with Gasteiger partial charge < -0.3 is 5.32 Å². The predicted octanol–water partition coefficient (Wildman–Crippen LogP) is 4.43. The normalized spacial score (nSPS) is 10.9. The SMILES string of the molecule is Cc1ccc(NCc2nnc(SCC(=O)NN=Cc3ccccc3)n2-c2ccccc2)cc1. The summed E-state index contributed by atoms with van der Waals surface area (Å²) in [6.07, 6.45) is 1.61. The van der Waals surface area contributed by atoms with E-state index in [1.54, 1.807) is 6.21 Å². The van der Waals surface area contributed by atoms with Crippen LogP contribution in [-0.2, 0) is 11.3 Å². The lowest BCUT2D eigenvalue weighted by molar-refractivity contribution is -0.118. The first kappa shape index (κ1) is 22.3. The summed E-state index contributed by atoms with van der Waals surface area (Å²) in [4.78, 5) is 12.3. The van der Waals surface area contributed by atoms with Gasteiger partial charge in [-0.05, 0) is 36.8 Å². The monoisotopic (exact) mass is 456 g/mol. The van der Waals surface area contributed by atoms with Crippen molar-refractivity contribution < 1.29 is 4.79 Å². The molecule has 4 aromatic rings. The van der Waals surface area contributed by atoms with Gasteiger partial charge in [-0.15, -0.1) is 10.2 Å². The van der Waals surface area contributed by atoms with Crippen LogP contribution in [-0.4, -0.2) is 32.6 Å². The average molecular weight is 457 g/mol. The molecule has 0 aliphatic rings. The molecule has 4 rings (SSSR count). The van der Waals surface area contributed by atoms with Crippen molar-refractivity contribution in [2.45, 2.75) is 18.6 Å². The molecule has 0 aliphatic carbocycles. The molecule has 0 saturated heterocycles. The van der Waals surface area contributed by atoms with Gasteiger partial charge >= 0.3 is 0 Å². The Morgan fingerprint density at radius 1 is 0.970 bits per heavy atom. The highest BCUT2D eigenvalue weighted by atomic mass is 32.2. The fourth-order valence-corrected chi connectivity index (χ4v) is 3.84. The fraction of sp³-hybridized carbons (Fsp3) is 0.120. The van der Waals surface area contributed by atoms with Gasteiger partial charge in [-0.2, -0.15) is 5.10 Å². The van der Waals surface area contributed by atoms with E-state index in [-0.39, 0.29) is 11.7 Å². The highest BCUT2D eigenvalue weighted by Gasteiger charge is 2.15. The van der Waals surface area contributed by atoms with Crippen LogP contribution in [0, 0.1) is 6.92 Å². The number of aromatic nitrogens is 3. The fourth-order valence-electron chi connectivity index (χ4n) is 3.08. The third-order valence-electron chi connectivity index (χ3n) is 4.75. The standard InChI is InChI=1S/C25H24N6OS/c1-19-12-14-21(15-13-19)26-17-23-28-30-25(31(23)22-10-6-3-7-11-22)33-18-24(32)29-27-16-20-8-4-2-5-9-20/h2-16,26H,17-18H2,1H3,(H,29,32). The first-order valence-corrected chi connectivity index (χ1v) is 11.5. The zero-order chi connectivity index (χ0) is 22.9. The number of hydrazone groups is 1. The zero-order valence-corrected chi connectivity index (χ0v) is 19.0. The maximum Gasteiger partial charge on any atom is 0.250 e. The van der Waals surface area contributed by atoms with Crippen molar-refractivity contribution >= 4 is 29.6 Å². The average Bonchev–Trinajstić information content (AvgIpc) is 3.26. The summed E-state index contributed by atoms with van der Waals surface area (Å²) in [5.74, 6) is 0.712. The number of benzene rings is 3. The molecule has 0 atom stereocenters. The van der Waals surface area contributed by atoms with Crippen molar-refractivity contribution in [2.24, 2.45) is 5.10 Å². The molecule has 0 saturated carbocycles. The molecule has 2 N–H and O–H groups in total. The first-order valence-electron chi connectivity index (χ1n) is 10.5. The Morgan fingerprint density at radius 3 is 2.39 bits per heavy atom. The Labute approximate surface area is 197 Å². The number of thioether (sulfide) groups is 1. The number of nitrogens with zero attached hydrogens (tertiary/aromatic N) is 4. The summed E-state index contributed by atoms with van der Waals surface area (Å²) in [5, 5.41) is 16.8. The summed E-state index contributed by atoms with van der Waals surface area (Å²) in [5.41, 5.74) is 6.63. The van der Waals surface area contributed by atoms with Crippen LogP contribution in [0.25, 0.3) is 5.69 Å². The van der Waals surface area contributed by atoms with E-state index in [1.165, 1.54) is 17.3 Å². The molecule has 0 aliphatic heterocycles. The quantitative estimate of drug-likeness (QED) is 0.221. The van der Waals surface area contributed by atoms with Gasteiger partial charge in [0.15, 0.2) is 11.0 Å². The Balaban J connectivity index is 1.43. The van der Waals surface area contributed by atoms with E-state index in [0.29, 0.717) is 11.7 Å². The summed E-state index contributed by atoms with van der Waals surface area (Å²) in [7, 11) is 0. The van der Waals surface area contributed by atoms with Crippen molar-refractivity contribution in [1.82, 2.24) is 20.2 Å². The molecule has 0 bridgehead atoms. The van der Waals surface area contributed by atoms with Gasteiger partial charge in [0, 0.05) is 11.4 Å². The number of anilines is 1. The number of nitrogens with one attached hydrogen (secondary N) is 2. The van der Waals surface area contributed by atoms with Crippen LogP contribution in [0.15, 0.2) is 95.2 Å². The second-order valence-corrected chi connectivity index (χ2v) is 8.22. The van der Waals surface area contributed by atoms with Crippen LogP contribution in [0.2, 0.25) is 0 Å². The molecule has 1 aromatic heterocycles. The molecule has 1 amide bonds. The lowest BCUT2D eigenvalue weighted by Crippen LogP contribution is -2.20. The van der Waals surface area contributed by atoms with E-state index in [9.17, 15) is 4.79 Å². The van der Waals surface area contributed by atoms with Gasteiger partial charge in [0.25, 0.3) is 5.91 Å².